The number of nitrogens with zero attached hydrogens (tertiary/aromatic N) is 2. The molecule has 116 valence electrons. The molecule has 4 heteroatoms. The van der Waals surface area contributed by atoms with E-state index in [0.717, 1.165) is 16.8 Å². The summed E-state index contributed by atoms with van der Waals surface area (Å²) in [6, 6.07) is 17.2. The number of carbonyl (C=O) groups excluding carboxylic acids is 1. The highest BCUT2D eigenvalue weighted by Gasteiger charge is 2.42. The maximum absolute atomic E-state index is 13.0. The van der Waals surface area contributed by atoms with E-state index in [0.29, 0.717) is 21.9 Å². The van der Waals surface area contributed by atoms with Crippen molar-refractivity contribution in [3.05, 3.63) is 75.8 Å². The van der Waals surface area contributed by atoms with Crippen molar-refractivity contribution in [2.45, 2.75) is 12.8 Å². The molecule has 0 bridgehead atoms. The van der Waals surface area contributed by atoms with Crippen LogP contribution in [-0.4, -0.2) is 11.5 Å². The van der Waals surface area contributed by atoms with Crippen molar-refractivity contribution in [3.63, 3.8) is 0 Å². The highest BCUT2D eigenvalue weighted by atomic mass is 35.5. The van der Waals surface area contributed by atoms with Gasteiger partial charge in [-0.15, -0.1) is 0 Å². The Hall–Kier alpha value is -2.70. The number of allylic oxidation sites excluding steroid dienone is 1. The van der Waals surface area contributed by atoms with E-state index in [1.165, 1.54) is 0 Å². The second-order valence-electron chi connectivity index (χ2n) is 6.03. The first-order valence-electron chi connectivity index (χ1n) is 7.70. The number of nitriles is 1. The van der Waals surface area contributed by atoms with Gasteiger partial charge in [-0.1, -0.05) is 48.0 Å². The van der Waals surface area contributed by atoms with E-state index in [4.69, 9.17) is 11.6 Å². The summed E-state index contributed by atoms with van der Waals surface area (Å²) < 4.78 is 0. The molecule has 3 nitrogen and oxygen atoms in total. The van der Waals surface area contributed by atoms with Gasteiger partial charge in [0.05, 0.1) is 17.7 Å². The third-order valence-electron chi connectivity index (χ3n) is 4.68. The van der Waals surface area contributed by atoms with Crippen LogP contribution in [0.1, 0.15) is 34.3 Å². The van der Waals surface area contributed by atoms with Crippen LogP contribution in [0, 0.1) is 17.2 Å². The Labute approximate surface area is 144 Å². The summed E-state index contributed by atoms with van der Waals surface area (Å²) in [5.74, 6) is -0.806. The molecule has 1 aliphatic carbocycles. The molecule has 0 amide bonds. The summed E-state index contributed by atoms with van der Waals surface area (Å²) >= 11 is 5.99. The maximum atomic E-state index is 13.0. The van der Waals surface area contributed by atoms with Gasteiger partial charge in [0.2, 0.25) is 0 Å². The van der Waals surface area contributed by atoms with Crippen LogP contribution in [-0.2, 0) is 0 Å². The maximum Gasteiger partial charge on any atom is 0.192 e. The van der Waals surface area contributed by atoms with Crippen molar-refractivity contribution < 1.29 is 4.79 Å². The molecular weight excluding hydrogens is 320 g/mol. The molecule has 2 atom stereocenters. The Bertz CT molecular complexity index is 964. The monoisotopic (exact) mass is 332 g/mol. The first-order chi connectivity index (χ1) is 11.6. The van der Waals surface area contributed by atoms with Crippen LogP contribution in [0.3, 0.4) is 0 Å². The SMILES string of the molecule is CC1=NC2=C(C(=O)c3ccccc32)[C@H](c2ccc(Cl)cc2)C1C#N. The number of hydrogen-bond acceptors (Lipinski definition) is 3. The van der Waals surface area contributed by atoms with Crippen molar-refractivity contribution in [2.75, 3.05) is 0 Å². The van der Waals surface area contributed by atoms with Gasteiger partial charge in [-0.3, -0.25) is 9.79 Å². The van der Waals surface area contributed by atoms with Crippen LogP contribution in [0.2, 0.25) is 5.02 Å². The Morgan fingerprint density at radius 1 is 1.08 bits per heavy atom. The van der Waals surface area contributed by atoms with E-state index in [2.05, 4.69) is 11.1 Å². The number of rotatable bonds is 1. The molecule has 24 heavy (non-hydrogen) atoms. The summed E-state index contributed by atoms with van der Waals surface area (Å²) in [6.07, 6.45) is 0. The Kier molecular flexibility index (Phi) is 3.37. The lowest BCUT2D eigenvalue weighted by atomic mass is 9.76. The Balaban J connectivity index is 1.96. The number of ketones is 1. The van der Waals surface area contributed by atoms with Gasteiger partial charge in [-0.2, -0.15) is 5.26 Å². The molecule has 0 N–H and O–H groups in total. The molecule has 0 fully saturated rings. The van der Waals surface area contributed by atoms with Crippen molar-refractivity contribution in [2.24, 2.45) is 10.9 Å². The number of hydrogen-bond donors (Lipinski definition) is 0. The molecule has 0 aromatic heterocycles. The minimum Gasteiger partial charge on any atom is -0.289 e. The summed E-state index contributed by atoms with van der Waals surface area (Å²) in [6.45, 7) is 1.85. The topological polar surface area (TPSA) is 53.2 Å². The molecule has 2 aromatic rings. The van der Waals surface area contributed by atoms with E-state index in [-0.39, 0.29) is 11.7 Å². The molecule has 2 aliphatic rings. The second-order valence-corrected chi connectivity index (χ2v) is 6.46. The minimum atomic E-state index is -0.455. The number of Topliss-reactive ketones (excluding diaryl/α,β-unsaturated/α-hetero) is 1. The lowest BCUT2D eigenvalue weighted by Crippen LogP contribution is -2.26. The average Bonchev–Trinajstić information content (AvgIpc) is 2.87. The third-order valence-corrected chi connectivity index (χ3v) is 4.93. The lowest BCUT2D eigenvalue weighted by Gasteiger charge is -2.27. The molecule has 0 saturated heterocycles. The quantitative estimate of drug-likeness (QED) is 0.763. The van der Waals surface area contributed by atoms with E-state index in [9.17, 15) is 10.1 Å². The van der Waals surface area contributed by atoms with E-state index < -0.39 is 5.92 Å². The smallest absolute Gasteiger partial charge is 0.192 e. The molecule has 2 aromatic carbocycles. The van der Waals surface area contributed by atoms with Gasteiger partial charge < -0.3 is 0 Å². The molecule has 1 unspecified atom stereocenters. The first kappa shape index (κ1) is 14.9. The van der Waals surface area contributed by atoms with Crippen LogP contribution in [0.25, 0.3) is 5.70 Å². The fraction of sp³-hybridized carbons (Fsp3) is 0.150. The number of aliphatic imine (C=N–C) groups is 1. The minimum absolute atomic E-state index is 0.0305. The summed E-state index contributed by atoms with van der Waals surface area (Å²) in [7, 11) is 0. The van der Waals surface area contributed by atoms with Crippen LogP contribution >= 0.6 is 11.6 Å². The standard InChI is InChI=1S/C20H13ClN2O/c1-11-16(10-22)17(12-6-8-13(21)9-7-12)18-19(23-11)14-4-2-3-5-15(14)20(18)24/h2-9,16-17H,1H3/t16?,17-/m1/s1. The van der Waals surface area contributed by atoms with Gasteiger partial charge in [0.25, 0.3) is 0 Å². The predicted octanol–water partition coefficient (Wildman–Crippen LogP) is 4.65. The molecule has 1 aliphatic heterocycles. The fourth-order valence-corrected chi connectivity index (χ4v) is 3.67. The zero-order valence-electron chi connectivity index (χ0n) is 13.0. The number of benzene rings is 2. The lowest BCUT2D eigenvalue weighted by molar-refractivity contribution is 0.103. The van der Waals surface area contributed by atoms with Crippen molar-refractivity contribution in [1.82, 2.24) is 0 Å². The van der Waals surface area contributed by atoms with Crippen LogP contribution in [0.4, 0.5) is 0 Å². The molecule has 4 rings (SSSR count). The summed E-state index contributed by atoms with van der Waals surface area (Å²) in [5.41, 5.74) is 4.49. The Morgan fingerprint density at radius 3 is 2.42 bits per heavy atom. The third kappa shape index (κ3) is 2.04. The summed E-state index contributed by atoms with van der Waals surface area (Å²) in [4.78, 5) is 17.6. The van der Waals surface area contributed by atoms with Crippen molar-refractivity contribution in [3.8, 4) is 6.07 Å². The highest BCUT2D eigenvalue weighted by Crippen LogP contribution is 2.47. The second kappa shape index (κ2) is 5.43. The van der Waals surface area contributed by atoms with Crippen molar-refractivity contribution in [1.29, 1.82) is 5.26 Å². The molecule has 0 radical (unpaired) electrons. The summed E-state index contributed by atoms with van der Waals surface area (Å²) in [5, 5.41) is 10.3. The number of halogens is 1. The van der Waals surface area contributed by atoms with Crippen molar-refractivity contribution >= 4 is 28.8 Å². The zero-order chi connectivity index (χ0) is 16.8. The largest absolute Gasteiger partial charge is 0.289 e. The molecule has 0 spiro atoms. The van der Waals surface area contributed by atoms with Crippen LogP contribution in [0.5, 0.6) is 0 Å². The van der Waals surface area contributed by atoms with Gasteiger partial charge in [0.15, 0.2) is 5.78 Å². The normalized spacial score (nSPS) is 21.9. The first-order valence-corrected chi connectivity index (χ1v) is 8.08. The van der Waals surface area contributed by atoms with Gasteiger partial charge in [0.1, 0.15) is 0 Å². The fourth-order valence-electron chi connectivity index (χ4n) is 3.55. The van der Waals surface area contributed by atoms with Gasteiger partial charge >= 0.3 is 0 Å². The van der Waals surface area contributed by atoms with E-state index >= 15 is 0 Å². The highest BCUT2D eigenvalue weighted by molar-refractivity contribution is 6.30. The van der Waals surface area contributed by atoms with Gasteiger partial charge in [-0.25, -0.2) is 0 Å². The van der Waals surface area contributed by atoms with Gasteiger partial charge in [-0.05, 0) is 24.6 Å². The van der Waals surface area contributed by atoms with Crippen LogP contribution < -0.4 is 0 Å². The molecular formula is C20H13ClN2O. The zero-order valence-corrected chi connectivity index (χ0v) is 13.7. The van der Waals surface area contributed by atoms with Gasteiger partial charge in [0, 0.05) is 33.4 Å². The average molecular weight is 333 g/mol. The Morgan fingerprint density at radius 2 is 1.75 bits per heavy atom. The van der Waals surface area contributed by atoms with E-state index in [1.807, 2.05) is 43.3 Å². The van der Waals surface area contributed by atoms with E-state index in [1.54, 1.807) is 12.1 Å². The van der Waals surface area contributed by atoms with Crippen LogP contribution in [0.15, 0.2) is 59.1 Å². The number of fused-ring (bicyclic) bond motifs is 2. The molecule has 1 heterocycles. The molecule has 0 saturated carbocycles. The predicted molar refractivity (Wildman–Crippen MR) is 94.1 cm³/mol. The number of carbonyl (C=O) groups is 1.